The molecule has 0 radical (unpaired) electrons. The highest BCUT2D eigenvalue weighted by molar-refractivity contribution is 7.14. The Morgan fingerprint density at radius 3 is 2.48 bits per heavy atom. The normalized spacial score (nSPS) is 19.6. The highest BCUT2D eigenvalue weighted by atomic mass is 32.1. The topological polar surface area (TPSA) is 76.2 Å². The number of benzene rings is 1. The van der Waals surface area contributed by atoms with Crippen LogP contribution in [0.5, 0.6) is 0 Å². The van der Waals surface area contributed by atoms with Gasteiger partial charge in [0.05, 0.1) is 18.0 Å². The molecule has 3 heterocycles. The molecule has 8 heteroatoms. The summed E-state index contributed by atoms with van der Waals surface area (Å²) in [6.07, 6.45) is 0.125. The van der Waals surface area contributed by atoms with E-state index >= 15 is 0 Å². The van der Waals surface area contributed by atoms with Crippen molar-refractivity contribution in [3.8, 4) is 0 Å². The minimum absolute atomic E-state index is 0.0738. The second kappa shape index (κ2) is 8.34. The summed E-state index contributed by atoms with van der Waals surface area (Å²) in [5, 5.41) is 0. The van der Waals surface area contributed by atoms with E-state index in [4.69, 9.17) is 9.47 Å². The lowest BCUT2D eigenvalue weighted by Crippen LogP contribution is -2.41. The van der Waals surface area contributed by atoms with E-state index in [1.807, 2.05) is 31.2 Å². The summed E-state index contributed by atoms with van der Waals surface area (Å²) in [5.41, 5.74) is 1.49. The number of anilines is 2. The maximum absolute atomic E-state index is 12.3. The van der Waals surface area contributed by atoms with Gasteiger partial charge in [0.2, 0.25) is 0 Å². The van der Waals surface area contributed by atoms with E-state index in [1.165, 1.54) is 11.3 Å². The first-order valence-corrected chi connectivity index (χ1v) is 10.4. The molecule has 7 nitrogen and oxygen atoms in total. The third-order valence-electron chi connectivity index (χ3n) is 5.04. The molecular weight excluding hydrogens is 392 g/mol. The number of morpholine rings is 1. The molecule has 0 bridgehead atoms. The van der Waals surface area contributed by atoms with Crippen molar-refractivity contribution in [2.75, 3.05) is 36.1 Å². The van der Waals surface area contributed by atoms with E-state index in [0.29, 0.717) is 38.2 Å². The number of rotatable bonds is 6. The third kappa shape index (κ3) is 4.33. The van der Waals surface area contributed by atoms with Crippen LogP contribution in [-0.4, -0.2) is 50.2 Å². The Kier molecular flexibility index (Phi) is 5.64. The van der Waals surface area contributed by atoms with Crippen molar-refractivity contribution in [2.45, 2.75) is 25.9 Å². The molecule has 1 atom stereocenters. The van der Waals surface area contributed by atoms with Gasteiger partial charge in [-0.3, -0.25) is 14.5 Å². The van der Waals surface area contributed by atoms with Crippen molar-refractivity contribution in [3.63, 3.8) is 0 Å². The molecule has 0 N–H and O–H groups in total. The van der Waals surface area contributed by atoms with Gasteiger partial charge in [0.1, 0.15) is 12.7 Å². The van der Waals surface area contributed by atoms with E-state index < -0.39 is 6.09 Å². The molecule has 0 aliphatic carbocycles. The number of aryl methyl sites for hydroxylation is 1. The third-order valence-corrected chi connectivity index (χ3v) is 6.08. The zero-order chi connectivity index (χ0) is 20.4. The molecule has 0 spiro atoms. The van der Waals surface area contributed by atoms with Crippen LogP contribution < -0.4 is 9.80 Å². The van der Waals surface area contributed by atoms with Crippen LogP contribution >= 0.6 is 11.3 Å². The summed E-state index contributed by atoms with van der Waals surface area (Å²) >= 11 is 1.49. The Morgan fingerprint density at radius 1 is 1.10 bits per heavy atom. The molecule has 2 aliphatic heterocycles. The standard InChI is InChI=1S/C21H22N2O5S/c1-14-2-9-19(29-14)18(24)8-7-17-12-23(21(26)28-17)16-5-3-15(4-6-16)22-10-11-27-13-20(22)25/h2-6,9,17H,7-8,10-13H2,1H3/t17-/m0/s1. The van der Waals surface area contributed by atoms with Crippen LogP contribution in [0.15, 0.2) is 36.4 Å². The Balaban J connectivity index is 1.35. The minimum Gasteiger partial charge on any atom is -0.444 e. The average molecular weight is 414 g/mol. The molecule has 4 rings (SSSR count). The van der Waals surface area contributed by atoms with Crippen LogP contribution in [0.4, 0.5) is 16.2 Å². The predicted molar refractivity (Wildman–Crippen MR) is 110 cm³/mol. The number of ketones is 1. The lowest BCUT2D eigenvalue weighted by atomic mass is 10.1. The fraction of sp³-hybridized carbons (Fsp3) is 0.381. The number of amides is 2. The van der Waals surface area contributed by atoms with Gasteiger partial charge in [-0.25, -0.2) is 4.79 Å². The van der Waals surface area contributed by atoms with E-state index in [1.54, 1.807) is 21.9 Å². The minimum atomic E-state index is -0.412. The molecular formula is C21H22N2O5S. The van der Waals surface area contributed by atoms with Crippen LogP contribution in [0.25, 0.3) is 0 Å². The van der Waals surface area contributed by atoms with Gasteiger partial charge in [-0.2, -0.15) is 0 Å². The molecule has 1 aromatic carbocycles. The Morgan fingerprint density at radius 2 is 1.83 bits per heavy atom. The molecule has 2 aromatic rings. The fourth-order valence-electron chi connectivity index (χ4n) is 3.49. The van der Waals surface area contributed by atoms with Crippen LogP contribution in [0.3, 0.4) is 0 Å². The van der Waals surface area contributed by atoms with Crippen LogP contribution in [-0.2, 0) is 14.3 Å². The number of nitrogens with zero attached hydrogens (tertiary/aromatic N) is 2. The molecule has 29 heavy (non-hydrogen) atoms. The van der Waals surface area contributed by atoms with Crippen LogP contribution in [0.2, 0.25) is 0 Å². The molecule has 2 amide bonds. The van der Waals surface area contributed by atoms with Gasteiger partial charge >= 0.3 is 6.09 Å². The quantitative estimate of drug-likeness (QED) is 0.677. The van der Waals surface area contributed by atoms with Gasteiger partial charge in [0.25, 0.3) is 5.91 Å². The summed E-state index contributed by atoms with van der Waals surface area (Å²) in [5.74, 6) is 0.00683. The maximum atomic E-state index is 12.3. The number of cyclic esters (lactones) is 1. The smallest absolute Gasteiger partial charge is 0.414 e. The average Bonchev–Trinajstić information content (AvgIpc) is 3.32. The predicted octanol–water partition coefficient (Wildman–Crippen LogP) is 3.41. The second-order valence-electron chi connectivity index (χ2n) is 7.10. The van der Waals surface area contributed by atoms with Gasteiger partial charge in [-0.1, -0.05) is 0 Å². The van der Waals surface area contributed by atoms with E-state index in [2.05, 4.69) is 0 Å². The lowest BCUT2D eigenvalue weighted by Gasteiger charge is -2.27. The molecule has 1 aromatic heterocycles. The Bertz CT molecular complexity index is 923. The monoisotopic (exact) mass is 414 g/mol. The fourth-order valence-corrected chi connectivity index (χ4v) is 4.32. The maximum Gasteiger partial charge on any atom is 0.414 e. The van der Waals surface area contributed by atoms with Gasteiger partial charge < -0.3 is 14.4 Å². The van der Waals surface area contributed by atoms with Crippen molar-refractivity contribution >= 4 is 40.5 Å². The van der Waals surface area contributed by atoms with Gasteiger partial charge in [0, 0.05) is 29.2 Å². The highest BCUT2D eigenvalue weighted by Gasteiger charge is 2.32. The van der Waals surface area contributed by atoms with Gasteiger partial charge in [-0.05, 0) is 49.7 Å². The number of hydrogen-bond acceptors (Lipinski definition) is 6. The molecule has 0 unspecified atom stereocenters. The number of ether oxygens (including phenoxy) is 2. The number of Topliss-reactive ketones (excluding diaryl/α,β-unsaturated/α-hetero) is 1. The molecule has 152 valence electrons. The molecule has 2 fully saturated rings. The van der Waals surface area contributed by atoms with E-state index in [9.17, 15) is 14.4 Å². The van der Waals surface area contributed by atoms with E-state index in [-0.39, 0.29) is 24.4 Å². The number of carbonyl (C=O) groups excluding carboxylic acids is 3. The van der Waals surface area contributed by atoms with Crippen molar-refractivity contribution in [2.24, 2.45) is 0 Å². The summed E-state index contributed by atoms with van der Waals surface area (Å²) in [6.45, 7) is 3.50. The summed E-state index contributed by atoms with van der Waals surface area (Å²) in [4.78, 5) is 41.6. The Labute approximate surface area is 172 Å². The zero-order valence-corrected chi connectivity index (χ0v) is 16.9. The first kappa shape index (κ1) is 19.6. The number of carbonyl (C=O) groups is 3. The van der Waals surface area contributed by atoms with Crippen LogP contribution in [0, 0.1) is 6.92 Å². The van der Waals surface area contributed by atoms with Crippen molar-refractivity contribution in [1.29, 1.82) is 0 Å². The van der Waals surface area contributed by atoms with Gasteiger partial charge in [-0.15, -0.1) is 11.3 Å². The van der Waals surface area contributed by atoms with Crippen LogP contribution in [0.1, 0.15) is 27.4 Å². The highest BCUT2D eigenvalue weighted by Crippen LogP contribution is 2.27. The van der Waals surface area contributed by atoms with Gasteiger partial charge in [0.15, 0.2) is 5.78 Å². The summed E-state index contributed by atoms with van der Waals surface area (Å²) in [7, 11) is 0. The van der Waals surface area contributed by atoms with Crippen molar-refractivity contribution < 1.29 is 23.9 Å². The van der Waals surface area contributed by atoms with E-state index in [0.717, 1.165) is 15.4 Å². The SMILES string of the molecule is Cc1ccc(C(=O)CC[C@H]2CN(c3ccc(N4CCOCC4=O)cc3)C(=O)O2)s1. The number of thiophene rings is 1. The molecule has 0 saturated carbocycles. The molecule has 2 aliphatic rings. The lowest BCUT2D eigenvalue weighted by molar-refractivity contribution is -0.125. The zero-order valence-electron chi connectivity index (χ0n) is 16.1. The number of hydrogen-bond donors (Lipinski definition) is 0. The Hall–Kier alpha value is -2.71. The first-order chi connectivity index (χ1) is 14.0. The summed E-state index contributed by atoms with van der Waals surface area (Å²) in [6, 6.07) is 11.0. The molecule has 2 saturated heterocycles. The van der Waals surface area contributed by atoms with Crippen molar-refractivity contribution in [3.05, 3.63) is 46.2 Å². The largest absolute Gasteiger partial charge is 0.444 e. The summed E-state index contributed by atoms with van der Waals surface area (Å²) < 4.78 is 10.6. The second-order valence-corrected chi connectivity index (χ2v) is 8.39. The first-order valence-electron chi connectivity index (χ1n) is 9.57. The van der Waals surface area contributed by atoms with Crippen molar-refractivity contribution in [1.82, 2.24) is 0 Å².